The Bertz CT molecular complexity index is 641. The number of nitrogens with one attached hydrogen (secondary N) is 2. The maximum atomic E-state index is 11.8. The largest absolute Gasteiger partial charge is 0.497 e. The lowest BCUT2D eigenvalue weighted by atomic mass is 9.98. The normalized spacial score (nSPS) is 17.6. The van der Waals surface area contributed by atoms with Crippen molar-refractivity contribution in [3.63, 3.8) is 0 Å². The van der Waals surface area contributed by atoms with Gasteiger partial charge in [0.1, 0.15) is 11.5 Å². The fourth-order valence-electron chi connectivity index (χ4n) is 2.39. The minimum absolute atomic E-state index is 0.103. The topological polar surface area (TPSA) is 103 Å². The smallest absolute Gasteiger partial charge is 0.320 e. The quantitative estimate of drug-likeness (QED) is 0.639. The molecule has 1 aliphatic rings. The van der Waals surface area contributed by atoms with Crippen molar-refractivity contribution in [1.82, 2.24) is 10.6 Å². The fourth-order valence-corrected chi connectivity index (χ4v) is 2.39. The molecule has 0 radical (unpaired) electrons. The Hall–Kier alpha value is -2.77. The predicted octanol–water partition coefficient (Wildman–Crippen LogP) is 1.96. The van der Waals surface area contributed by atoms with Gasteiger partial charge in [0.15, 0.2) is 6.04 Å². The Balaban J connectivity index is 2.62. The highest BCUT2D eigenvalue weighted by molar-refractivity contribution is 5.78. The zero-order chi connectivity index (χ0) is 16.3. The number of carbonyl (C=O) groups is 1. The van der Waals surface area contributed by atoms with Crippen LogP contribution in [0.4, 0.5) is 4.79 Å². The summed E-state index contributed by atoms with van der Waals surface area (Å²) in [5, 5.41) is 16.5. The van der Waals surface area contributed by atoms with E-state index >= 15 is 0 Å². The van der Waals surface area contributed by atoms with E-state index in [9.17, 15) is 14.9 Å². The number of allylic oxidation sites excluding steroid dienone is 1. The van der Waals surface area contributed by atoms with Gasteiger partial charge in [0.05, 0.1) is 24.8 Å². The highest BCUT2D eigenvalue weighted by atomic mass is 16.6. The number of benzene rings is 1. The Morgan fingerprint density at radius 3 is 2.59 bits per heavy atom. The first-order chi connectivity index (χ1) is 10.5. The van der Waals surface area contributed by atoms with Crippen molar-refractivity contribution in [2.24, 2.45) is 0 Å². The molecule has 0 fully saturated rings. The number of carbonyl (C=O) groups excluding carboxylic acids is 1. The summed E-state index contributed by atoms with van der Waals surface area (Å²) in [5.74, 6) is 0.951. The molecular weight excluding hydrogens is 290 g/mol. The average Bonchev–Trinajstić information content (AvgIpc) is 2.52. The maximum Gasteiger partial charge on any atom is 0.320 e. The summed E-state index contributed by atoms with van der Waals surface area (Å²) in [6, 6.07) is 3.54. The molecule has 118 valence electrons. The zero-order valence-electron chi connectivity index (χ0n) is 12.5. The number of methoxy groups -OCH3 is 2. The molecule has 0 spiro atoms. The number of hydrogen-bond acceptors (Lipinski definition) is 5. The minimum Gasteiger partial charge on any atom is -0.497 e. The molecule has 0 aliphatic carbocycles. The molecular formula is C14H17N3O5. The van der Waals surface area contributed by atoms with E-state index in [0.29, 0.717) is 23.5 Å². The van der Waals surface area contributed by atoms with Crippen molar-refractivity contribution in [2.45, 2.75) is 19.4 Å². The lowest BCUT2D eigenvalue weighted by Gasteiger charge is -2.25. The summed E-state index contributed by atoms with van der Waals surface area (Å²) in [6.45, 7) is 1.74. The summed E-state index contributed by atoms with van der Waals surface area (Å²) in [4.78, 5) is 22.7. The molecule has 8 heteroatoms. The second-order valence-electron chi connectivity index (χ2n) is 4.61. The first-order valence-corrected chi connectivity index (χ1v) is 6.68. The van der Waals surface area contributed by atoms with Crippen molar-refractivity contribution in [1.29, 1.82) is 0 Å². The third kappa shape index (κ3) is 2.80. The lowest BCUT2D eigenvalue weighted by molar-refractivity contribution is -0.433. The van der Waals surface area contributed by atoms with E-state index in [4.69, 9.17) is 9.47 Å². The van der Waals surface area contributed by atoms with E-state index in [1.54, 1.807) is 25.1 Å². The number of hydrogen-bond donors (Lipinski definition) is 2. The van der Waals surface area contributed by atoms with Crippen LogP contribution in [0.15, 0.2) is 29.6 Å². The zero-order valence-corrected chi connectivity index (χ0v) is 12.5. The first kappa shape index (κ1) is 15.6. The van der Waals surface area contributed by atoms with Crippen molar-refractivity contribution in [3.8, 4) is 11.5 Å². The second kappa shape index (κ2) is 6.33. The molecule has 1 aromatic rings. The number of rotatable bonds is 5. The molecule has 1 atom stereocenters. The van der Waals surface area contributed by atoms with Gasteiger partial charge in [-0.3, -0.25) is 10.1 Å². The van der Waals surface area contributed by atoms with Gasteiger partial charge in [-0.05, 0) is 24.6 Å². The Labute approximate surface area is 127 Å². The van der Waals surface area contributed by atoms with E-state index in [-0.39, 0.29) is 11.4 Å². The highest BCUT2D eigenvalue weighted by Gasteiger charge is 2.38. The van der Waals surface area contributed by atoms with Crippen LogP contribution in [0.3, 0.4) is 0 Å². The van der Waals surface area contributed by atoms with Gasteiger partial charge in [-0.2, -0.15) is 0 Å². The second-order valence-corrected chi connectivity index (χ2v) is 4.61. The number of urea groups is 1. The Morgan fingerprint density at radius 2 is 2.05 bits per heavy atom. The van der Waals surface area contributed by atoms with Crippen molar-refractivity contribution >= 4 is 6.03 Å². The van der Waals surface area contributed by atoms with Crippen molar-refractivity contribution in [3.05, 3.63) is 45.3 Å². The predicted molar refractivity (Wildman–Crippen MR) is 78.3 cm³/mol. The minimum atomic E-state index is -0.913. The Morgan fingerprint density at radius 1 is 1.32 bits per heavy atom. The third-order valence-electron chi connectivity index (χ3n) is 3.42. The summed E-state index contributed by atoms with van der Waals surface area (Å²) in [7, 11) is 2.96. The molecule has 2 N–H and O–H groups in total. The molecule has 0 saturated heterocycles. The molecule has 1 heterocycles. The van der Waals surface area contributed by atoms with Gasteiger partial charge < -0.3 is 20.1 Å². The molecule has 1 unspecified atom stereocenters. The van der Waals surface area contributed by atoms with Crippen LogP contribution in [0.25, 0.3) is 0 Å². The number of amides is 2. The number of ether oxygens (including phenoxy) is 2. The summed E-state index contributed by atoms with van der Waals surface area (Å²) in [5.41, 5.74) is 0.645. The van der Waals surface area contributed by atoms with Crippen LogP contribution in [0.1, 0.15) is 24.9 Å². The molecule has 2 amide bonds. The van der Waals surface area contributed by atoms with Crippen LogP contribution >= 0.6 is 0 Å². The first-order valence-electron chi connectivity index (χ1n) is 6.68. The lowest BCUT2D eigenvalue weighted by Crippen LogP contribution is -2.45. The van der Waals surface area contributed by atoms with E-state index in [1.807, 2.05) is 0 Å². The Kier molecular flexibility index (Phi) is 4.50. The van der Waals surface area contributed by atoms with Gasteiger partial charge in [0, 0.05) is 5.56 Å². The van der Waals surface area contributed by atoms with Crippen LogP contribution in [-0.4, -0.2) is 25.2 Å². The maximum absolute atomic E-state index is 11.8. The monoisotopic (exact) mass is 307 g/mol. The molecule has 0 bridgehead atoms. The van der Waals surface area contributed by atoms with E-state index < -0.39 is 17.0 Å². The van der Waals surface area contributed by atoms with Gasteiger partial charge in [-0.1, -0.05) is 6.92 Å². The van der Waals surface area contributed by atoms with Crippen LogP contribution < -0.4 is 20.1 Å². The molecule has 0 aromatic heterocycles. The molecule has 2 rings (SSSR count). The molecule has 8 nitrogen and oxygen atoms in total. The van der Waals surface area contributed by atoms with Crippen LogP contribution in [0.2, 0.25) is 0 Å². The average molecular weight is 307 g/mol. The van der Waals surface area contributed by atoms with E-state index in [2.05, 4.69) is 10.6 Å². The van der Waals surface area contributed by atoms with Crippen molar-refractivity contribution < 1.29 is 19.2 Å². The molecule has 0 saturated carbocycles. The standard InChI is InChI=1S/C14H17N3O5/c1-4-10-13(17(19)20)12(16-14(18)15-10)9-7-8(21-2)5-6-11(9)22-3/h5-7,12H,4H2,1-3H3,(H2,15,16,18). The SMILES string of the molecule is CCC1=C([N+](=O)[O-])C(c2cc(OC)ccc2OC)NC(=O)N1. The van der Waals surface area contributed by atoms with Gasteiger partial charge >= 0.3 is 6.03 Å². The van der Waals surface area contributed by atoms with Crippen molar-refractivity contribution in [2.75, 3.05) is 14.2 Å². The van der Waals surface area contributed by atoms with Crippen LogP contribution in [0, 0.1) is 10.1 Å². The van der Waals surface area contributed by atoms with Gasteiger partial charge in [0.25, 0.3) is 5.70 Å². The van der Waals surface area contributed by atoms with Crippen LogP contribution in [0.5, 0.6) is 11.5 Å². The molecule has 22 heavy (non-hydrogen) atoms. The third-order valence-corrected chi connectivity index (χ3v) is 3.42. The molecule has 1 aliphatic heterocycles. The fraction of sp³-hybridized carbons (Fsp3) is 0.357. The van der Waals surface area contributed by atoms with E-state index in [1.165, 1.54) is 14.2 Å². The number of nitrogens with zero attached hydrogens (tertiary/aromatic N) is 1. The highest BCUT2D eigenvalue weighted by Crippen LogP contribution is 2.35. The van der Waals surface area contributed by atoms with Gasteiger partial charge in [0.2, 0.25) is 0 Å². The molecule has 1 aromatic carbocycles. The summed E-state index contributed by atoms with van der Waals surface area (Å²) < 4.78 is 10.4. The summed E-state index contributed by atoms with van der Waals surface area (Å²) in [6.07, 6.45) is 0.340. The number of nitro groups is 1. The van der Waals surface area contributed by atoms with E-state index in [0.717, 1.165) is 0 Å². The summed E-state index contributed by atoms with van der Waals surface area (Å²) >= 11 is 0. The van der Waals surface area contributed by atoms with Gasteiger partial charge in [-0.15, -0.1) is 0 Å². The van der Waals surface area contributed by atoms with Gasteiger partial charge in [-0.25, -0.2) is 4.79 Å². The van der Waals surface area contributed by atoms with Crippen LogP contribution in [-0.2, 0) is 0 Å².